The first-order chi connectivity index (χ1) is 11.1. The zero-order valence-corrected chi connectivity index (χ0v) is 16.7. The van der Waals surface area contributed by atoms with Crippen LogP contribution in [0.3, 0.4) is 0 Å². The molecule has 0 saturated heterocycles. The van der Waals surface area contributed by atoms with E-state index in [0.29, 0.717) is 6.42 Å². The zero-order chi connectivity index (χ0) is 17.4. The normalized spacial score (nSPS) is 13.3. The van der Waals surface area contributed by atoms with Crippen molar-refractivity contribution in [2.45, 2.75) is 115 Å². The summed E-state index contributed by atoms with van der Waals surface area (Å²) >= 11 is 0. The number of hydrogen-bond acceptors (Lipinski definition) is 2. The van der Waals surface area contributed by atoms with Crippen LogP contribution < -0.4 is 4.72 Å². The molecule has 0 saturated carbocycles. The van der Waals surface area contributed by atoms with Crippen molar-refractivity contribution in [1.29, 1.82) is 0 Å². The summed E-state index contributed by atoms with van der Waals surface area (Å²) in [5, 5.41) is -0.208. The van der Waals surface area contributed by atoms with E-state index in [1.54, 1.807) is 0 Å². The monoisotopic (exact) mass is 347 g/mol. The SMILES string of the molecule is CCCCCCCCCCCCCCCC(CC)S(=O)(=O)NC. The summed E-state index contributed by atoms with van der Waals surface area (Å²) in [6.07, 6.45) is 18.8. The van der Waals surface area contributed by atoms with Crippen molar-refractivity contribution in [1.82, 2.24) is 4.72 Å². The van der Waals surface area contributed by atoms with Crippen LogP contribution in [0.5, 0.6) is 0 Å². The third-order valence-electron chi connectivity index (χ3n) is 4.81. The predicted octanol–water partition coefficient (Wildman–Crippen LogP) is 5.80. The summed E-state index contributed by atoms with van der Waals surface area (Å²) in [5.41, 5.74) is 0. The smallest absolute Gasteiger partial charge is 0.214 e. The van der Waals surface area contributed by atoms with Crippen molar-refractivity contribution >= 4 is 10.0 Å². The van der Waals surface area contributed by atoms with Crippen molar-refractivity contribution in [2.24, 2.45) is 0 Å². The van der Waals surface area contributed by atoms with Gasteiger partial charge in [-0.15, -0.1) is 0 Å². The highest BCUT2D eigenvalue weighted by Crippen LogP contribution is 2.16. The van der Waals surface area contributed by atoms with Gasteiger partial charge in [-0.3, -0.25) is 0 Å². The molecule has 0 aliphatic heterocycles. The van der Waals surface area contributed by atoms with Crippen LogP contribution in [-0.2, 0) is 10.0 Å². The van der Waals surface area contributed by atoms with Gasteiger partial charge < -0.3 is 0 Å². The topological polar surface area (TPSA) is 46.2 Å². The molecule has 0 spiro atoms. The lowest BCUT2D eigenvalue weighted by Crippen LogP contribution is -2.31. The summed E-state index contributed by atoms with van der Waals surface area (Å²) in [5.74, 6) is 0. The predicted molar refractivity (Wildman–Crippen MR) is 102 cm³/mol. The first kappa shape index (κ1) is 22.9. The highest BCUT2D eigenvalue weighted by molar-refractivity contribution is 7.90. The molecular weight excluding hydrogens is 306 g/mol. The molecule has 1 atom stereocenters. The molecule has 140 valence electrons. The van der Waals surface area contributed by atoms with Gasteiger partial charge in [-0.25, -0.2) is 13.1 Å². The quantitative estimate of drug-likeness (QED) is 0.338. The van der Waals surface area contributed by atoms with E-state index in [-0.39, 0.29) is 5.25 Å². The molecule has 1 unspecified atom stereocenters. The van der Waals surface area contributed by atoms with E-state index >= 15 is 0 Å². The first-order valence-corrected chi connectivity index (χ1v) is 11.6. The van der Waals surface area contributed by atoms with E-state index in [2.05, 4.69) is 11.6 Å². The highest BCUT2D eigenvalue weighted by atomic mass is 32.2. The van der Waals surface area contributed by atoms with E-state index < -0.39 is 10.0 Å². The van der Waals surface area contributed by atoms with E-state index in [1.807, 2.05) is 6.92 Å². The second-order valence-corrected chi connectivity index (χ2v) is 8.98. The van der Waals surface area contributed by atoms with Crippen LogP contribution in [0.2, 0.25) is 0 Å². The fourth-order valence-corrected chi connectivity index (χ4v) is 4.38. The van der Waals surface area contributed by atoms with Crippen LogP contribution in [0.1, 0.15) is 110 Å². The Morgan fingerprint density at radius 2 is 1.09 bits per heavy atom. The van der Waals surface area contributed by atoms with E-state index in [9.17, 15) is 8.42 Å². The second-order valence-electron chi connectivity index (χ2n) is 6.81. The Morgan fingerprint density at radius 3 is 1.43 bits per heavy atom. The summed E-state index contributed by atoms with van der Waals surface area (Å²) < 4.78 is 26.0. The van der Waals surface area contributed by atoms with Crippen LogP contribution in [0.25, 0.3) is 0 Å². The van der Waals surface area contributed by atoms with Crippen molar-refractivity contribution < 1.29 is 8.42 Å². The number of unbranched alkanes of at least 4 members (excludes halogenated alkanes) is 12. The molecule has 4 heteroatoms. The van der Waals surface area contributed by atoms with Gasteiger partial charge in [0.2, 0.25) is 10.0 Å². The number of sulfonamides is 1. The molecule has 3 nitrogen and oxygen atoms in total. The van der Waals surface area contributed by atoms with Crippen LogP contribution in [0.4, 0.5) is 0 Å². The van der Waals surface area contributed by atoms with Crippen molar-refractivity contribution in [3.05, 3.63) is 0 Å². The number of hydrogen-bond donors (Lipinski definition) is 1. The minimum Gasteiger partial charge on any atom is -0.218 e. The largest absolute Gasteiger partial charge is 0.218 e. The van der Waals surface area contributed by atoms with Gasteiger partial charge in [-0.1, -0.05) is 97.3 Å². The average Bonchev–Trinajstić information content (AvgIpc) is 2.55. The molecule has 0 aromatic carbocycles. The second kappa shape index (κ2) is 15.4. The molecule has 0 radical (unpaired) electrons. The molecule has 0 amide bonds. The molecule has 0 rings (SSSR count). The molecule has 0 heterocycles. The van der Waals surface area contributed by atoms with Gasteiger partial charge in [-0.05, 0) is 19.9 Å². The van der Waals surface area contributed by atoms with Crippen LogP contribution in [0, 0.1) is 0 Å². The highest BCUT2D eigenvalue weighted by Gasteiger charge is 2.20. The Labute approximate surface area is 146 Å². The molecular formula is C19H41NO2S. The Hall–Kier alpha value is -0.0900. The standard InChI is InChI=1S/C19H41NO2S/c1-4-6-7-8-9-10-11-12-13-14-15-16-17-18-19(5-2)23(21,22)20-3/h19-20H,4-18H2,1-3H3. The fourth-order valence-electron chi connectivity index (χ4n) is 3.14. The summed E-state index contributed by atoms with van der Waals surface area (Å²) in [6.45, 7) is 4.23. The summed E-state index contributed by atoms with van der Waals surface area (Å²) in [4.78, 5) is 0. The third kappa shape index (κ3) is 12.9. The van der Waals surface area contributed by atoms with Crippen molar-refractivity contribution in [2.75, 3.05) is 7.05 Å². The fraction of sp³-hybridized carbons (Fsp3) is 1.00. The van der Waals surface area contributed by atoms with Crippen LogP contribution in [-0.4, -0.2) is 20.7 Å². The van der Waals surface area contributed by atoms with E-state index in [4.69, 9.17) is 0 Å². The third-order valence-corrected chi connectivity index (χ3v) is 6.82. The van der Waals surface area contributed by atoms with Crippen molar-refractivity contribution in [3.8, 4) is 0 Å². The molecule has 0 aliphatic carbocycles. The Kier molecular flexibility index (Phi) is 15.4. The van der Waals surface area contributed by atoms with E-state index in [1.165, 1.54) is 84.1 Å². The van der Waals surface area contributed by atoms with Crippen molar-refractivity contribution in [3.63, 3.8) is 0 Å². The van der Waals surface area contributed by atoms with Gasteiger partial charge in [0.1, 0.15) is 0 Å². The van der Waals surface area contributed by atoms with Gasteiger partial charge in [0, 0.05) is 0 Å². The first-order valence-electron chi connectivity index (χ1n) is 10.0. The molecule has 0 fully saturated rings. The minimum absolute atomic E-state index is 0.208. The molecule has 0 aromatic rings. The maximum atomic E-state index is 11.8. The lowest BCUT2D eigenvalue weighted by atomic mass is 10.0. The Morgan fingerprint density at radius 1 is 0.696 bits per heavy atom. The Balaban J connectivity index is 3.36. The maximum absolute atomic E-state index is 11.8. The summed E-state index contributed by atoms with van der Waals surface area (Å²) in [6, 6.07) is 0. The number of nitrogens with one attached hydrogen (secondary N) is 1. The molecule has 1 N–H and O–H groups in total. The minimum atomic E-state index is -3.08. The maximum Gasteiger partial charge on any atom is 0.214 e. The number of rotatable bonds is 17. The van der Waals surface area contributed by atoms with Gasteiger partial charge in [0.25, 0.3) is 0 Å². The van der Waals surface area contributed by atoms with Gasteiger partial charge in [0.05, 0.1) is 5.25 Å². The average molecular weight is 348 g/mol. The van der Waals surface area contributed by atoms with Gasteiger partial charge >= 0.3 is 0 Å². The molecule has 0 bridgehead atoms. The Bertz CT molecular complexity index is 341. The lowest BCUT2D eigenvalue weighted by Gasteiger charge is -2.14. The van der Waals surface area contributed by atoms with Gasteiger partial charge in [-0.2, -0.15) is 0 Å². The molecule has 0 aromatic heterocycles. The van der Waals surface area contributed by atoms with Crippen LogP contribution in [0.15, 0.2) is 0 Å². The molecule has 0 aliphatic rings. The molecule has 23 heavy (non-hydrogen) atoms. The zero-order valence-electron chi connectivity index (χ0n) is 15.9. The van der Waals surface area contributed by atoms with Gasteiger partial charge in [0.15, 0.2) is 0 Å². The lowest BCUT2D eigenvalue weighted by molar-refractivity contribution is 0.521. The van der Waals surface area contributed by atoms with E-state index in [0.717, 1.165) is 12.8 Å². The summed E-state index contributed by atoms with van der Waals surface area (Å²) in [7, 11) is -1.56. The van der Waals surface area contributed by atoms with Crippen LogP contribution >= 0.6 is 0 Å².